The molecule has 2 aliphatic heterocycles. The highest BCUT2D eigenvalue weighted by molar-refractivity contribution is 7.88. The van der Waals surface area contributed by atoms with Gasteiger partial charge in [0, 0.05) is 25.6 Å². The van der Waals surface area contributed by atoms with Gasteiger partial charge >= 0.3 is 0 Å². The van der Waals surface area contributed by atoms with Gasteiger partial charge in [-0.15, -0.1) is 0 Å². The van der Waals surface area contributed by atoms with Gasteiger partial charge in [0.05, 0.1) is 25.0 Å². The number of morpholine rings is 1. The molecule has 0 atom stereocenters. The molecule has 7 heteroatoms. The first kappa shape index (κ1) is 15.7. The first-order chi connectivity index (χ1) is 9.22. The normalized spacial score (nSPS) is 25.6. The van der Waals surface area contributed by atoms with Gasteiger partial charge in [0.15, 0.2) is 0 Å². The Morgan fingerprint density at radius 2 is 1.80 bits per heavy atom. The van der Waals surface area contributed by atoms with E-state index in [9.17, 15) is 13.2 Å². The smallest absolute Gasteiger partial charge is 0.226 e. The molecule has 0 unspecified atom stereocenters. The number of hydrogen-bond acceptors (Lipinski definition) is 4. The minimum atomic E-state index is -3.13. The van der Waals surface area contributed by atoms with E-state index < -0.39 is 10.0 Å². The van der Waals surface area contributed by atoms with Gasteiger partial charge in [-0.1, -0.05) is 0 Å². The third-order valence-electron chi connectivity index (χ3n) is 4.18. The van der Waals surface area contributed by atoms with Crippen LogP contribution < -0.4 is 0 Å². The highest BCUT2D eigenvalue weighted by Crippen LogP contribution is 2.26. The molecule has 2 heterocycles. The molecule has 116 valence electrons. The summed E-state index contributed by atoms with van der Waals surface area (Å²) in [6.45, 7) is 6.67. The summed E-state index contributed by atoms with van der Waals surface area (Å²) in [5.41, 5.74) is -0.275. The Kier molecular flexibility index (Phi) is 4.41. The minimum Gasteiger partial charge on any atom is -0.377 e. The number of hydrogen-bond donors (Lipinski definition) is 0. The third kappa shape index (κ3) is 3.32. The van der Waals surface area contributed by atoms with Gasteiger partial charge in [-0.25, -0.2) is 12.7 Å². The van der Waals surface area contributed by atoms with Crippen LogP contribution in [0.25, 0.3) is 0 Å². The van der Waals surface area contributed by atoms with E-state index in [0.29, 0.717) is 45.7 Å². The number of ether oxygens (including phenoxy) is 1. The molecule has 2 aliphatic rings. The SMILES string of the molecule is CC1(C)COCCN1C(=O)C1CCN(S(C)(=O)=O)CC1. The molecular weight excluding hydrogens is 280 g/mol. The molecule has 0 aromatic heterocycles. The van der Waals surface area contributed by atoms with Crippen LogP contribution >= 0.6 is 0 Å². The molecule has 6 nitrogen and oxygen atoms in total. The average molecular weight is 304 g/mol. The Labute approximate surface area is 121 Å². The van der Waals surface area contributed by atoms with Crippen LogP contribution in [0.1, 0.15) is 26.7 Å². The summed E-state index contributed by atoms with van der Waals surface area (Å²) < 4.78 is 29.9. The molecule has 0 saturated carbocycles. The number of amides is 1. The second-order valence-electron chi connectivity index (χ2n) is 6.29. The molecule has 2 fully saturated rings. The van der Waals surface area contributed by atoms with Gasteiger partial charge in [-0.05, 0) is 26.7 Å². The number of rotatable bonds is 2. The largest absolute Gasteiger partial charge is 0.377 e. The molecule has 0 aromatic carbocycles. The lowest BCUT2D eigenvalue weighted by atomic mass is 9.93. The Balaban J connectivity index is 1.98. The van der Waals surface area contributed by atoms with Crippen LogP contribution in [0, 0.1) is 5.92 Å². The molecule has 1 amide bonds. The van der Waals surface area contributed by atoms with Crippen LogP contribution in [0.2, 0.25) is 0 Å². The van der Waals surface area contributed by atoms with E-state index in [1.165, 1.54) is 10.6 Å². The molecule has 0 aromatic rings. The summed E-state index contributed by atoms with van der Waals surface area (Å²) in [6.07, 6.45) is 2.44. The van der Waals surface area contributed by atoms with E-state index in [-0.39, 0.29) is 17.4 Å². The predicted octanol–water partition coefficient (Wildman–Crippen LogP) is 0.295. The molecule has 0 spiro atoms. The van der Waals surface area contributed by atoms with Gasteiger partial charge in [-0.2, -0.15) is 0 Å². The molecule has 0 bridgehead atoms. The number of carbonyl (C=O) groups is 1. The molecule has 0 N–H and O–H groups in total. The number of nitrogens with zero attached hydrogens (tertiary/aromatic N) is 2. The van der Waals surface area contributed by atoms with Crippen molar-refractivity contribution in [2.45, 2.75) is 32.2 Å². The first-order valence-corrected chi connectivity index (χ1v) is 8.91. The zero-order valence-electron chi connectivity index (χ0n) is 12.5. The van der Waals surface area contributed by atoms with Gasteiger partial charge in [-0.3, -0.25) is 4.79 Å². The highest BCUT2D eigenvalue weighted by atomic mass is 32.2. The van der Waals surface area contributed by atoms with Gasteiger partial charge in [0.1, 0.15) is 0 Å². The van der Waals surface area contributed by atoms with Crippen LogP contribution in [-0.2, 0) is 19.6 Å². The van der Waals surface area contributed by atoms with Crippen LogP contribution in [0.5, 0.6) is 0 Å². The predicted molar refractivity (Wildman–Crippen MR) is 75.8 cm³/mol. The van der Waals surface area contributed by atoms with Gasteiger partial charge < -0.3 is 9.64 Å². The lowest BCUT2D eigenvalue weighted by molar-refractivity contribution is -0.151. The quantitative estimate of drug-likeness (QED) is 0.736. The molecule has 0 radical (unpaired) electrons. The van der Waals surface area contributed by atoms with E-state index in [1.807, 2.05) is 18.7 Å². The van der Waals surface area contributed by atoms with E-state index in [4.69, 9.17) is 4.74 Å². The number of piperidine rings is 1. The maximum Gasteiger partial charge on any atom is 0.226 e. The fourth-order valence-corrected chi connectivity index (χ4v) is 3.80. The van der Waals surface area contributed by atoms with E-state index in [2.05, 4.69) is 0 Å². The highest BCUT2D eigenvalue weighted by Gasteiger charge is 2.38. The lowest BCUT2D eigenvalue weighted by Gasteiger charge is -2.44. The van der Waals surface area contributed by atoms with Crippen molar-refractivity contribution < 1.29 is 17.9 Å². The second-order valence-corrected chi connectivity index (χ2v) is 8.27. The van der Waals surface area contributed by atoms with Crippen molar-refractivity contribution in [3.05, 3.63) is 0 Å². The van der Waals surface area contributed by atoms with Crippen LogP contribution in [0.4, 0.5) is 0 Å². The van der Waals surface area contributed by atoms with Crippen LogP contribution in [0.15, 0.2) is 0 Å². The third-order valence-corrected chi connectivity index (χ3v) is 5.49. The summed E-state index contributed by atoms with van der Waals surface area (Å²) >= 11 is 0. The fourth-order valence-electron chi connectivity index (χ4n) is 2.92. The van der Waals surface area contributed by atoms with E-state index in [0.717, 1.165) is 0 Å². The average Bonchev–Trinajstić information content (AvgIpc) is 2.36. The molecule has 20 heavy (non-hydrogen) atoms. The summed E-state index contributed by atoms with van der Waals surface area (Å²) in [4.78, 5) is 14.5. The maximum atomic E-state index is 12.6. The fraction of sp³-hybridized carbons (Fsp3) is 0.923. The van der Waals surface area contributed by atoms with Crippen molar-refractivity contribution in [2.75, 3.05) is 39.1 Å². The molecule has 0 aliphatic carbocycles. The Morgan fingerprint density at radius 1 is 1.20 bits per heavy atom. The van der Waals surface area contributed by atoms with Crippen LogP contribution in [0.3, 0.4) is 0 Å². The van der Waals surface area contributed by atoms with Crippen molar-refractivity contribution in [3.63, 3.8) is 0 Å². The summed E-state index contributed by atoms with van der Waals surface area (Å²) in [5.74, 6) is 0.0804. The second kappa shape index (κ2) is 5.61. The van der Waals surface area contributed by atoms with Crippen LogP contribution in [-0.4, -0.2) is 68.2 Å². The molecule has 2 rings (SSSR count). The van der Waals surface area contributed by atoms with E-state index in [1.54, 1.807) is 0 Å². The number of sulfonamides is 1. The monoisotopic (exact) mass is 304 g/mol. The Hall–Kier alpha value is -0.660. The zero-order valence-corrected chi connectivity index (χ0v) is 13.3. The molecule has 2 saturated heterocycles. The summed E-state index contributed by atoms with van der Waals surface area (Å²) in [5, 5.41) is 0. The van der Waals surface area contributed by atoms with Crippen molar-refractivity contribution in [1.82, 2.24) is 9.21 Å². The Bertz CT molecular complexity index is 467. The maximum absolute atomic E-state index is 12.6. The summed E-state index contributed by atoms with van der Waals surface area (Å²) in [6, 6.07) is 0. The standard InChI is InChI=1S/C13H24N2O4S/c1-13(2)10-19-9-8-15(13)12(16)11-4-6-14(7-5-11)20(3,17)18/h11H,4-10H2,1-3H3. The number of carbonyl (C=O) groups excluding carboxylic acids is 1. The van der Waals surface area contributed by atoms with Crippen molar-refractivity contribution in [2.24, 2.45) is 5.92 Å². The molecular formula is C13H24N2O4S. The minimum absolute atomic E-state index is 0.0645. The summed E-state index contributed by atoms with van der Waals surface area (Å²) in [7, 11) is -3.13. The van der Waals surface area contributed by atoms with Gasteiger partial charge in [0.2, 0.25) is 15.9 Å². The van der Waals surface area contributed by atoms with Crippen molar-refractivity contribution in [3.8, 4) is 0 Å². The lowest BCUT2D eigenvalue weighted by Crippen LogP contribution is -2.57. The Morgan fingerprint density at radius 3 is 2.30 bits per heavy atom. The van der Waals surface area contributed by atoms with Crippen molar-refractivity contribution in [1.29, 1.82) is 0 Å². The van der Waals surface area contributed by atoms with Gasteiger partial charge in [0.25, 0.3) is 0 Å². The van der Waals surface area contributed by atoms with Crippen molar-refractivity contribution >= 4 is 15.9 Å². The topological polar surface area (TPSA) is 66.9 Å². The zero-order chi connectivity index (χ0) is 15.0. The first-order valence-electron chi connectivity index (χ1n) is 7.06. The van der Waals surface area contributed by atoms with E-state index >= 15 is 0 Å².